The molecule has 0 aliphatic carbocycles. The van der Waals surface area contributed by atoms with Crippen molar-refractivity contribution in [2.75, 3.05) is 25.7 Å². The van der Waals surface area contributed by atoms with Crippen molar-refractivity contribution in [1.82, 2.24) is 0 Å². The van der Waals surface area contributed by atoms with Gasteiger partial charge in [0.2, 0.25) is 0 Å². The quantitative estimate of drug-likeness (QED) is 0.623. The fourth-order valence-corrected chi connectivity index (χ4v) is 2.18. The molecule has 2 nitrogen and oxygen atoms in total. The largest absolute Gasteiger partial charge is 0.492 e. The first-order valence-corrected chi connectivity index (χ1v) is 7.19. The van der Waals surface area contributed by atoms with Gasteiger partial charge in [-0.1, -0.05) is 17.9 Å². The maximum absolute atomic E-state index is 5.93. The Hall–Kier alpha value is -1.17. The zero-order valence-corrected chi connectivity index (χ0v) is 12.0. The van der Waals surface area contributed by atoms with E-state index in [1.807, 2.05) is 25.1 Å². The van der Waals surface area contributed by atoms with Gasteiger partial charge in [0.1, 0.15) is 5.75 Å². The van der Waals surface area contributed by atoms with Gasteiger partial charge in [0.05, 0.1) is 18.1 Å². The van der Waals surface area contributed by atoms with E-state index in [1.54, 1.807) is 0 Å². The van der Waals surface area contributed by atoms with Gasteiger partial charge in [-0.25, -0.2) is 0 Å². The van der Waals surface area contributed by atoms with E-state index >= 15 is 0 Å². The summed E-state index contributed by atoms with van der Waals surface area (Å²) >= 11 is 5.61. The lowest BCUT2D eigenvalue weighted by atomic mass is 10.0. The van der Waals surface area contributed by atoms with E-state index in [0.717, 1.165) is 44.0 Å². The standard InChI is InChI=1S/C16H19ClO2/c1-13-4-5-16(15(11-13)3-2-8-17)19-12-14-6-9-18-10-7-14/h4-5,11,14H,6-10,12H2,1H3. The lowest BCUT2D eigenvalue weighted by Gasteiger charge is -2.22. The molecule has 1 heterocycles. The number of rotatable bonds is 3. The number of hydrogen-bond donors (Lipinski definition) is 0. The molecule has 19 heavy (non-hydrogen) atoms. The third-order valence-corrected chi connectivity index (χ3v) is 3.37. The SMILES string of the molecule is Cc1ccc(OCC2CCOCC2)c(C#CCCl)c1. The van der Waals surface area contributed by atoms with Crippen molar-refractivity contribution in [3.05, 3.63) is 29.3 Å². The van der Waals surface area contributed by atoms with Gasteiger partial charge in [0.25, 0.3) is 0 Å². The van der Waals surface area contributed by atoms with Crippen molar-refractivity contribution in [1.29, 1.82) is 0 Å². The van der Waals surface area contributed by atoms with Crippen LogP contribution in [0.15, 0.2) is 18.2 Å². The molecule has 0 amide bonds. The second-order valence-electron chi connectivity index (χ2n) is 4.80. The molecule has 0 spiro atoms. The van der Waals surface area contributed by atoms with Gasteiger partial charge in [-0.3, -0.25) is 0 Å². The third-order valence-electron chi connectivity index (χ3n) is 3.24. The van der Waals surface area contributed by atoms with Gasteiger partial charge in [0, 0.05) is 13.2 Å². The van der Waals surface area contributed by atoms with Crippen molar-refractivity contribution >= 4 is 11.6 Å². The van der Waals surface area contributed by atoms with Crippen LogP contribution in [0.4, 0.5) is 0 Å². The molecule has 0 saturated carbocycles. The van der Waals surface area contributed by atoms with Gasteiger partial charge in [-0.15, -0.1) is 11.6 Å². The fourth-order valence-electron chi connectivity index (χ4n) is 2.12. The second-order valence-corrected chi connectivity index (χ2v) is 5.07. The molecule has 0 radical (unpaired) electrons. The second kappa shape index (κ2) is 7.43. The number of hydrogen-bond acceptors (Lipinski definition) is 2. The van der Waals surface area contributed by atoms with Crippen LogP contribution in [0.25, 0.3) is 0 Å². The van der Waals surface area contributed by atoms with Gasteiger partial charge in [-0.05, 0) is 43.4 Å². The normalized spacial score (nSPS) is 15.7. The maximum Gasteiger partial charge on any atom is 0.134 e. The van der Waals surface area contributed by atoms with Crippen LogP contribution in [-0.2, 0) is 4.74 Å². The Morgan fingerprint density at radius 3 is 2.89 bits per heavy atom. The summed E-state index contributed by atoms with van der Waals surface area (Å²) in [5.41, 5.74) is 2.10. The van der Waals surface area contributed by atoms with Crippen LogP contribution in [0, 0.1) is 24.7 Å². The highest BCUT2D eigenvalue weighted by Crippen LogP contribution is 2.22. The highest BCUT2D eigenvalue weighted by Gasteiger charge is 2.15. The summed E-state index contributed by atoms with van der Waals surface area (Å²) in [5, 5.41) is 0. The van der Waals surface area contributed by atoms with Crippen LogP contribution in [0.1, 0.15) is 24.0 Å². The van der Waals surface area contributed by atoms with Gasteiger partial charge in [0.15, 0.2) is 0 Å². The first-order chi connectivity index (χ1) is 9.29. The molecule has 102 valence electrons. The molecule has 1 aromatic rings. The van der Waals surface area contributed by atoms with E-state index in [4.69, 9.17) is 21.1 Å². The van der Waals surface area contributed by atoms with Crippen LogP contribution in [0.2, 0.25) is 0 Å². The number of aryl methyl sites for hydroxylation is 1. The molecular weight excluding hydrogens is 260 g/mol. The summed E-state index contributed by atoms with van der Waals surface area (Å²) in [7, 11) is 0. The minimum absolute atomic E-state index is 0.341. The monoisotopic (exact) mass is 278 g/mol. The molecule has 0 aromatic heterocycles. The van der Waals surface area contributed by atoms with E-state index in [-0.39, 0.29) is 0 Å². The summed E-state index contributed by atoms with van der Waals surface area (Å²) in [6.07, 6.45) is 2.16. The van der Waals surface area contributed by atoms with E-state index in [2.05, 4.69) is 11.8 Å². The summed E-state index contributed by atoms with van der Waals surface area (Å²) < 4.78 is 11.3. The van der Waals surface area contributed by atoms with Crippen molar-refractivity contribution in [2.45, 2.75) is 19.8 Å². The molecule has 3 heteroatoms. The van der Waals surface area contributed by atoms with E-state index in [0.29, 0.717) is 11.8 Å². The molecule has 1 aliphatic rings. The average Bonchev–Trinajstić information content (AvgIpc) is 2.45. The molecule has 0 N–H and O–H groups in total. The molecule has 0 bridgehead atoms. The summed E-state index contributed by atoms with van der Waals surface area (Å²) in [6, 6.07) is 6.08. The maximum atomic E-state index is 5.93. The predicted molar refractivity (Wildman–Crippen MR) is 77.8 cm³/mol. The van der Waals surface area contributed by atoms with E-state index in [9.17, 15) is 0 Å². The number of benzene rings is 1. The third kappa shape index (κ3) is 4.45. The Kier molecular flexibility index (Phi) is 5.57. The van der Waals surface area contributed by atoms with E-state index < -0.39 is 0 Å². The fraction of sp³-hybridized carbons (Fsp3) is 0.500. The van der Waals surface area contributed by atoms with E-state index in [1.165, 1.54) is 5.56 Å². The molecular formula is C16H19ClO2. The van der Waals surface area contributed by atoms with Crippen molar-refractivity contribution in [3.8, 4) is 17.6 Å². The van der Waals surface area contributed by atoms with Crippen molar-refractivity contribution in [3.63, 3.8) is 0 Å². The molecule has 1 aromatic carbocycles. The Morgan fingerprint density at radius 2 is 2.16 bits per heavy atom. The van der Waals surface area contributed by atoms with Gasteiger partial charge in [-0.2, -0.15) is 0 Å². The van der Waals surface area contributed by atoms with Crippen LogP contribution in [0.3, 0.4) is 0 Å². The highest BCUT2D eigenvalue weighted by molar-refractivity contribution is 6.19. The predicted octanol–water partition coefficient (Wildman–Crippen LogP) is 3.39. The number of ether oxygens (including phenoxy) is 2. The molecule has 1 aliphatic heterocycles. The topological polar surface area (TPSA) is 18.5 Å². The summed E-state index contributed by atoms with van der Waals surface area (Å²) in [6.45, 7) is 4.48. The minimum Gasteiger partial charge on any atom is -0.492 e. The smallest absolute Gasteiger partial charge is 0.134 e. The Morgan fingerprint density at radius 1 is 1.37 bits per heavy atom. The summed E-state index contributed by atoms with van der Waals surface area (Å²) in [5.74, 6) is 7.73. The molecule has 2 rings (SSSR count). The zero-order chi connectivity index (χ0) is 13.5. The van der Waals surface area contributed by atoms with Crippen LogP contribution < -0.4 is 4.74 Å². The Balaban J connectivity index is 2.02. The van der Waals surface area contributed by atoms with Crippen LogP contribution in [-0.4, -0.2) is 25.7 Å². The van der Waals surface area contributed by atoms with Gasteiger partial charge < -0.3 is 9.47 Å². The van der Waals surface area contributed by atoms with Crippen LogP contribution >= 0.6 is 11.6 Å². The summed E-state index contributed by atoms with van der Waals surface area (Å²) in [4.78, 5) is 0. The van der Waals surface area contributed by atoms with Crippen molar-refractivity contribution < 1.29 is 9.47 Å². The lowest BCUT2D eigenvalue weighted by Crippen LogP contribution is -2.21. The first kappa shape index (κ1) is 14.2. The first-order valence-electron chi connectivity index (χ1n) is 6.65. The molecule has 0 atom stereocenters. The molecule has 1 saturated heterocycles. The average molecular weight is 279 g/mol. The highest BCUT2D eigenvalue weighted by atomic mass is 35.5. The Labute approximate surface area is 120 Å². The number of alkyl halides is 1. The minimum atomic E-state index is 0.341. The number of halogens is 1. The van der Waals surface area contributed by atoms with Crippen LogP contribution in [0.5, 0.6) is 5.75 Å². The Bertz CT molecular complexity index is 467. The molecule has 0 unspecified atom stereocenters. The zero-order valence-electron chi connectivity index (χ0n) is 11.2. The van der Waals surface area contributed by atoms with Gasteiger partial charge >= 0.3 is 0 Å². The van der Waals surface area contributed by atoms with Crippen molar-refractivity contribution in [2.24, 2.45) is 5.92 Å². The lowest BCUT2D eigenvalue weighted by molar-refractivity contribution is 0.0497. The molecule has 1 fully saturated rings.